The van der Waals surface area contributed by atoms with Gasteiger partial charge in [-0.15, -0.1) is 0 Å². The van der Waals surface area contributed by atoms with E-state index in [0.29, 0.717) is 30.2 Å². The molecule has 1 saturated heterocycles. The number of likely N-dealkylation sites (tertiary alicyclic amines) is 1. The van der Waals surface area contributed by atoms with Gasteiger partial charge in [0.05, 0.1) is 18.4 Å². The Morgan fingerprint density at radius 3 is 2.64 bits per heavy atom. The Kier molecular flexibility index (Phi) is 5.87. The molecule has 6 heteroatoms. The first-order chi connectivity index (χ1) is 13.5. The fourth-order valence-electron chi connectivity index (χ4n) is 3.45. The molecule has 148 valence electrons. The summed E-state index contributed by atoms with van der Waals surface area (Å²) in [6.45, 7) is 6.74. The number of aliphatic hydroxyl groups excluding tert-OH is 1. The SMILES string of the molecule is CCCCN1C(=O)C(=O)/C(=C(\O)c2ccc(OCC)c(C)c2)C1c1ccco1. The zero-order chi connectivity index (χ0) is 20.3. The third-order valence-electron chi connectivity index (χ3n) is 4.85. The molecule has 1 aliphatic heterocycles. The van der Waals surface area contributed by atoms with Gasteiger partial charge in [0.2, 0.25) is 0 Å². The summed E-state index contributed by atoms with van der Waals surface area (Å²) in [6, 6.07) is 7.88. The lowest BCUT2D eigenvalue weighted by molar-refractivity contribution is -0.140. The lowest BCUT2D eigenvalue weighted by Gasteiger charge is -2.23. The summed E-state index contributed by atoms with van der Waals surface area (Å²) in [5.41, 5.74) is 1.35. The van der Waals surface area contributed by atoms with Crippen LogP contribution < -0.4 is 4.74 Å². The molecule has 1 aliphatic rings. The van der Waals surface area contributed by atoms with E-state index in [0.717, 1.165) is 18.4 Å². The Labute approximate surface area is 164 Å². The van der Waals surface area contributed by atoms with Crippen molar-refractivity contribution in [3.05, 3.63) is 59.1 Å². The molecule has 28 heavy (non-hydrogen) atoms. The molecule has 1 aromatic heterocycles. The minimum absolute atomic E-state index is 0.0552. The highest BCUT2D eigenvalue weighted by atomic mass is 16.5. The van der Waals surface area contributed by atoms with Crippen molar-refractivity contribution >= 4 is 17.4 Å². The molecule has 3 rings (SSSR count). The van der Waals surface area contributed by atoms with Gasteiger partial charge in [-0.2, -0.15) is 0 Å². The number of carbonyl (C=O) groups is 2. The van der Waals surface area contributed by atoms with Crippen molar-refractivity contribution in [1.29, 1.82) is 0 Å². The van der Waals surface area contributed by atoms with Crippen LogP contribution in [0.1, 0.15) is 49.6 Å². The Bertz CT molecular complexity index is 898. The second kappa shape index (κ2) is 8.33. The van der Waals surface area contributed by atoms with Crippen molar-refractivity contribution < 1.29 is 23.8 Å². The Morgan fingerprint density at radius 2 is 2.04 bits per heavy atom. The number of carbonyl (C=O) groups excluding carboxylic acids is 2. The molecular weight excluding hydrogens is 358 g/mol. The third kappa shape index (κ3) is 3.54. The van der Waals surface area contributed by atoms with Crippen LogP contribution in [-0.2, 0) is 9.59 Å². The fourth-order valence-corrected chi connectivity index (χ4v) is 3.45. The van der Waals surface area contributed by atoms with Crippen LogP contribution in [0.4, 0.5) is 0 Å². The van der Waals surface area contributed by atoms with E-state index in [1.165, 1.54) is 11.2 Å². The Balaban J connectivity index is 2.09. The summed E-state index contributed by atoms with van der Waals surface area (Å²) < 4.78 is 11.0. The van der Waals surface area contributed by atoms with Crippen LogP contribution in [0.5, 0.6) is 5.75 Å². The van der Waals surface area contributed by atoms with Crippen molar-refractivity contribution in [1.82, 2.24) is 4.90 Å². The van der Waals surface area contributed by atoms with Crippen LogP contribution in [0.15, 0.2) is 46.6 Å². The molecule has 1 aromatic carbocycles. The summed E-state index contributed by atoms with van der Waals surface area (Å²) in [5, 5.41) is 11.0. The minimum atomic E-state index is -0.728. The maximum absolute atomic E-state index is 12.8. The normalized spacial score (nSPS) is 18.7. The van der Waals surface area contributed by atoms with E-state index in [1.807, 2.05) is 20.8 Å². The third-order valence-corrected chi connectivity index (χ3v) is 4.85. The van der Waals surface area contributed by atoms with Crippen LogP contribution in [0.25, 0.3) is 5.76 Å². The van der Waals surface area contributed by atoms with E-state index >= 15 is 0 Å². The molecule has 0 saturated carbocycles. The monoisotopic (exact) mass is 383 g/mol. The van der Waals surface area contributed by atoms with Crippen LogP contribution in [0.3, 0.4) is 0 Å². The van der Waals surface area contributed by atoms with E-state index in [9.17, 15) is 14.7 Å². The topological polar surface area (TPSA) is 80.0 Å². The van der Waals surface area contributed by atoms with Crippen LogP contribution in [0, 0.1) is 6.92 Å². The van der Waals surface area contributed by atoms with Gasteiger partial charge in [-0.1, -0.05) is 13.3 Å². The number of unbranched alkanes of at least 4 members (excludes halogenated alkanes) is 1. The summed E-state index contributed by atoms with van der Waals surface area (Å²) in [6.07, 6.45) is 3.13. The zero-order valence-corrected chi connectivity index (χ0v) is 16.4. The number of Topliss-reactive ketones (excluding diaryl/α,β-unsaturated/α-hetero) is 1. The molecule has 1 fully saturated rings. The number of furan rings is 1. The molecule has 0 aliphatic carbocycles. The summed E-state index contributed by atoms with van der Waals surface area (Å²) in [5.74, 6) is -0.338. The van der Waals surface area contributed by atoms with Crippen LogP contribution in [-0.4, -0.2) is 34.8 Å². The Hall–Kier alpha value is -3.02. The molecule has 1 unspecified atom stereocenters. The molecule has 2 aromatic rings. The van der Waals surface area contributed by atoms with Gasteiger partial charge < -0.3 is 19.2 Å². The van der Waals surface area contributed by atoms with Gasteiger partial charge in [-0.25, -0.2) is 0 Å². The highest BCUT2D eigenvalue weighted by Crippen LogP contribution is 2.40. The van der Waals surface area contributed by atoms with Gasteiger partial charge in [0.15, 0.2) is 0 Å². The predicted octanol–water partition coefficient (Wildman–Crippen LogP) is 4.21. The summed E-state index contributed by atoms with van der Waals surface area (Å²) in [7, 11) is 0. The molecule has 1 atom stereocenters. The fraction of sp³-hybridized carbons (Fsp3) is 0.364. The van der Waals surface area contributed by atoms with Gasteiger partial charge >= 0.3 is 0 Å². The summed E-state index contributed by atoms with van der Waals surface area (Å²) in [4.78, 5) is 26.9. The molecule has 2 heterocycles. The standard InChI is InChI=1S/C22H25NO5/c1-4-6-11-23-19(17-8-7-12-28-17)18(21(25)22(23)26)20(24)15-9-10-16(27-5-2)14(3)13-15/h7-10,12-13,19,24H,4-6,11H2,1-3H3/b20-18-. The van der Waals surface area contributed by atoms with Gasteiger partial charge in [0.1, 0.15) is 23.3 Å². The van der Waals surface area contributed by atoms with E-state index in [1.54, 1.807) is 30.3 Å². The van der Waals surface area contributed by atoms with E-state index in [2.05, 4.69) is 0 Å². The first-order valence-corrected chi connectivity index (χ1v) is 9.55. The molecule has 0 bridgehead atoms. The molecule has 0 spiro atoms. The van der Waals surface area contributed by atoms with Crippen molar-refractivity contribution in [2.45, 2.75) is 39.7 Å². The maximum Gasteiger partial charge on any atom is 0.295 e. The first kappa shape index (κ1) is 19.7. The number of ketones is 1. The molecule has 1 N–H and O–H groups in total. The number of rotatable bonds is 7. The number of hydrogen-bond acceptors (Lipinski definition) is 5. The van der Waals surface area contributed by atoms with Crippen molar-refractivity contribution in [3.8, 4) is 5.75 Å². The molecular formula is C22H25NO5. The smallest absolute Gasteiger partial charge is 0.295 e. The number of hydrogen-bond donors (Lipinski definition) is 1. The minimum Gasteiger partial charge on any atom is -0.507 e. The van der Waals surface area contributed by atoms with E-state index < -0.39 is 17.7 Å². The van der Waals surface area contributed by atoms with Gasteiger partial charge in [-0.3, -0.25) is 9.59 Å². The highest BCUT2D eigenvalue weighted by Gasteiger charge is 2.47. The van der Waals surface area contributed by atoms with Gasteiger partial charge in [-0.05, 0) is 56.2 Å². The number of aryl methyl sites for hydroxylation is 1. The number of ether oxygens (including phenoxy) is 1. The average molecular weight is 383 g/mol. The van der Waals surface area contributed by atoms with Crippen molar-refractivity contribution in [3.63, 3.8) is 0 Å². The average Bonchev–Trinajstić information content (AvgIpc) is 3.29. The van der Waals surface area contributed by atoms with Gasteiger partial charge in [0, 0.05) is 12.1 Å². The van der Waals surface area contributed by atoms with Crippen molar-refractivity contribution in [2.75, 3.05) is 13.2 Å². The molecule has 1 amide bonds. The molecule has 6 nitrogen and oxygen atoms in total. The lowest BCUT2D eigenvalue weighted by atomic mass is 9.98. The van der Waals surface area contributed by atoms with Crippen LogP contribution in [0.2, 0.25) is 0 Å². The number of aliphatic hydroxyl groups is 1. The summed E-state index contributed by atoms with van der Waals surface area (Å²) >= 11 is 0. The second-order valence-corrected chi connectivity index (χ2v) is 6.77. The largest absolute Gasteiger partial charge is 0.507 e. The number of nitrogens with zero attached hydrogens (tertiary/aromatic N) is 1. The van der Waals surface area contributed by atoms with E-state index in [-0.39, 0.29) is 11.3 Å². The number of benzene rings is 1. The second-order valence-electron chi connectivity index (χ2n) is 6.77. The van der Waals surface area contributed by atoms with Crippen LogP contribution >= 0.6 is 0 Å². The first-order valence-electron chi connectivity index (χ1n) is 9.55. The zero-order valence-electron chi connectivity index (χ0n) is 16.4. The maximum atomic E-state index is 12.8. The van der Waals surface area contributed by atoms with Gasteiger partial charge in [0.25, 0.3) is 11.7 Å². The molecule has 0 radical (unpaired) electrons. The quantitative estimate of drug-likeness (QED) is 0.440. The highest BCUT2D eigenvalue weighted by molar-refractivity contribution is 6.46. The predicted molar refractivity (Wildman–Crippen MR) is 105 cm³/mol. The van der Waals surface area contributed by atoms with Crippen molar-refractivity contribution in [2.24, 2.45) is 0 Å². The van der Waals surface area contributed by atoms with E-state index in [4.69, 9.17) is 9.15 Å². The number of amides is 1. The lowest BCUT2D eigenvalue weighted by Crippen LogP contribution is -2.30. The Morgan fingerprint density at radius 1 is 1.25 bits per heavy atom.